The Morgan fingerprint density at radius 2 is 1.45 bits per heavy atom. The van der Waals surface area contributed by atoms with Gasteiger partial charge in [0, 0.05) is 40.4 Å². The first kappa shape index (κ1) is 45.4. The van der Waals surface area contributed by atoms with Gasteiger partial charge in [0.05, 0.1) is 18.0 Å². The number of sulfonamides is 1. The second-order valence-corrected chi connectivity index (χ2v) is 34.3. The standard InChI is InChI=1S/C36H63BrN2O8SSi3/c1-12-51(13-2,14-3)47-35(25-38-36(40)26-45-33-18-16-31(37)23-29(33)4)30-15-17-34(46-28-44-20-22-50(9,10)11)32(24-30)39(48(5,41)42)27-43-19-21-49(6,7)8/h15-18,23-24,35H,12-14,19-22,25-28H2,1-11H3,(H,38,40)/t35-/m1/s1. The van der Waals surface area contributed by atoms with Gasteiger partial charge in [-0.2, -0.15) is 0 Å². The normalized spacial score (nSPS) is 13.2. The molecule has 2 aromatic rings. The highest BCUT2D eigenvalue weighted by atomic mass is 79.9. The molecule has 2 rings (SSSR count). The van der Waals surface area contributed by atoms with Gasteiger partial charge in [-0.1, -0.05) is 82.0 Å². The number of halogens is 1. The zero-order chi connectivity index (χ0) is 38.5. The number of nitrogens with zero attached hydrogens (tertiary/aromatic N) is 1. The average molecular weight is 848 g/mol. The Bertz CT molecular complexity index is 1490. The maximum atomic E-state index is 13.3. The molecule has 1 amide bonds. The predicted molar refractivity (Wildman–Crippen MR) is 221 cm³/mol. The molecule has 51 heavy (non-hydrogen) atoms. The SMILES string of the molecule is CC[Si](CC)(CC)O[C@H](CNC(=O)COc1ccc(Br)cc1C)c1ccc(OCOCC[Si](C)(C)C)c(N(COCC[Si](C)(C)C)S(C)(=O)=O)c1. The van der Waals surface area contributed by atoms with Crippen molar-refractivity contribution in [3.63, 3.8) is 0 Å². The first-order chi connectivity index (χ1) is 23.7. The maximum Gasteiger partial charge on any atom is 0.258 e. The Labute approximate surface area is 319 Å². The van der Waals surface area contributed by atoms with Gasteiger partial charge >= 0.3 is 0 Å². The molecule has 0 aliphatic carbocycles. The van der Waals surface area contributed by atoms with Crippen LogP contribution >= 0.6 is 15.9 Å². The molecule has 1 atom stereocenters. The number of hydrogen-bond donors (Lipinski definition) is 1. The van der Waals surface area contributed by atoms with Gasteiger partial charge < -0.3 is 28.7 Å². The molecule has 0 aromatic heterocycles. The maximum absolute atomic E-state index is 13.3. The summed E-state index contributed by atoms with van der Waals surface area (Å²) >= 11 is 3.46. The highest BCUT2D eigenvalue weighted by Crippen LogP contribution is 2.36. The van der Waals surface area contributed by atoms with Gasteiger partial charge in [-0.15, -0.1) is 0 Å². The van der Waals surface area contributed by atoms with Gasteiger partial charge in [0.15, 0.2) is 21.7 Å². The van der Waals surface area contributed by atoms with Crippen molar-refractivity contribution in [3.8, 4) is 11.5 Å². The minimum Gasteiger partial charge on any atom is -0.484 e. The fourth-order valence-electron chi connectivity index (χ4n) is 5.17. The van der Waals surface area contributed by atoms with E-state index in [9.17, 15) is 13.2 Å². The molecule has 0 fully saturated rings. The van der Waals surface area contributed by atoms with Crippen LogP contribution in [0.15, 0.2) is 40.9 Å². The van der Waals surface area contributed by atoms with E-state index in [1.165, 1.54) is 10.6 Å². The number of anilines is 1. The van der Waals surface area contributed by atoms with Crippen LogP contribution in [-0.4, -0.2) is 84.9 Å². The number of carbonyl (C=O) groups excluding carboxylic acids is 1. The van der Waals surface area contributed by atoms with Crippen LogP contribution in [0, 0.1) is 6.92 Å². The van der Waals surface area contributed by atoms with Gasteiger partial charge in [0.2, 0.25) is 10.0 Å². The average Bonchev–Trinajstić information content (AvgIpc) is 3.03. The van der Waals surface area contributed by atoms with Crippen LogP contribution in [0.3, 0.4) is 0 Å². The lowest BCUT2D eigenvalue weighted by atomic mass is 10.1. The minimum absolute atomic E-state index is 0.0176. The van der Waals surface area contributed by atoms with E-state index in [4.69, 9.17) is 23.4 Å². The molecular weight excluding hydrogens is 785 g/mol. The highest BCUT2D eigenvalue weighted by Gasteiger charge is 2.34. The van der Waals surface area contributed by atoms with E-state index in [1.54, 1.807) is 12.1 Å². The molecule has 0 aliphatic heterocycles. The smallest absolute Gasteiger partial charge is 0.258 e. The lowest BCUT2D eigenvalue weighted by Gasteiger charge is -2.34. The van der Waals surface area contributed by atoms with E-state index < -0.39 is 40.6 Å². The third kappa shape index (κ3) is 16.4. The van der Waals surface area contributed by atoms with Crippen molar-refractivity contribution in [3.05, 3.63) is 52.0 Å². The summed E-state index contributed by atoms with van der Waals surface area (Å²) in [6, 6.07) is 15.7. The van der Waals surface area contributed by atoms with Crippen molar-refractivity contribution < 1.29 is 36.6 Å². The summed E-state index contributed by atoms with van der Waals surface area (Å²) < 4.78 is 59.5. The van der Waals surface area contributed by atoms with Crippen LogP contribution in [0.1, 0.15) is 38.0 Å². The summed E-state index contributed by atoms with van der Waals surface area (Å²) in [7, 11) is -8.67. The molecule has 0 heterocycles. The number of ether oxygens (including phenoxy) is 4. The van der Waals surface area contributed by atoms with Gasteiger partial charge in [-0.25, -0.2) is 12.7 Å². The number of amides is 1. The predicted octanol–water partition coefficient (Wildman–Crippen LogP) is 8.79. The van der Waals surface area contributed by atoms with Gasteiger partial charge in [0.25, 0.3) is 5.91 Å². The Kier molecular flexibility index (Phi) is 18.4. The first-order valence-corrected chi connectivity index (χ1v) is 30.5. The molecular formula is C36H63BrN2O8SSi3. The van der Waals surface area contributed by atoms with Crippen LogP contribution in [-0.2, 0) is 28.7 Å². The number of carbonyl (C=O) groups is 1. The topological polar surface area (TPSA) is 113 Å². The molecule has 290 valence electrons. The van der Waals surface area contributed by atoms with E-state index >= 15 is 0 Å². The third-order valence-corrected chi connectivity index (χ3v) is 18.5. The summed E-state index contributed by atoms with van der Waals surface area (Å²) in [5.74, 6) is 0.706. The molecule has 2 aromatic carbocycles. The zero-order valence-corrected chi connectivity index (χ0v) is 38.2. The van der Waals surface area contributed by atoms with Crippen LogP contribution in [0.5, 0.6) is 11.5 Å². The fraction of sp³-hybridized carbons (Fsp3) is 0.639. The van der Waals surface area contributed by atoms with E-state index in [1.807, 2.05) is 31.2 Å². The molecule has 0 saturated heterocycles. The van der Waals surface area contributed by atoms with Crippen molar-refractivity contribution in [1.82, 2.24) is 5.32 Å². The number of rotatable bonds is 24. The Morgan fingerprint density at radius 1 is 0.863 bits per heavy atom. The lowest BCUT2D eigenvalue weighted by Crippen LogP contribution is -2.41. The van der Waals surface area contributed by atoms with Gasteiger partial charge in [-0.3, -0.25) is 4.79 Å². The van der Waals surface area contributed by atoms with E-state index in [0.717, 1.165) is 45.8 Å². The molecule has 0 unspecified atom stereocenters. The molecule has 10 nitrogen and oxygen atoms in total. The van der Waals surface area contributed by atoms with Crippen LogP contribution in [0.25, 0.3) is 0 Å². The summed E-state index contributed by atoms with van der Waals surface area (Å²) in [6.45, 7) is 22.8. The third-order valence-electron chi connectivity index (χ3n) is 8.83. The summed E-state index contributed by atoms with van der Waals surface area (Å²) in [5.41, 5.74) is 1.98. The zero-order valence-electron chi connectivity index (χ0n) is 32.8. The number of aryl methyl sites for hydroxylation is 1. The molecule has 0 saturated carbocycles. The lowest BCUT2D eigenvalue weighted by molar-refractivity contribution is -0.123. The molecule has 0 spiro atoms. The van der Waals surface area contributed by atoms with Gasteiger partial charge in [-0.05, 0) is 78.6 Å². The van der Waals surface area contributed by atoms with Crippen molar-refractivity contribution in [2.45, 2.75) is 103 Å². The molecule has 15 heteroatoms. The molecule has 0 bridgehead atoms. The van der Waals surface area contributed by atoms with Crippen LogP contribution in [0.2, 0.25) is 69.5 Å². The summed E-state index contributed by atoms with van der Waals surface area (Å²) in [6.07, 6.45) is 0.630. The second kappa shape index (κ2) is 20.7. The van der Waals surface area contributed by atoms with E-state index in [-0.39, 0.29) is 32.6 Å². The Hall–Kier alpha value is -1.73. The van der Waals surface area contributed by atoms with Gasteiger partial charge in [0.1, 0.15) is 18.2 Å². The molecule has 0 radical (unpaired) electrons. The monoisotopic (exact) mass is 846 g/mol. The number of benzene rings is 2. The Balaban J connectivity index is 2.47. The Morgan fingerprint density at radius 3 is 2.00 bits per heavy atom. The first-order valence-electron chi connectivity index (χ1n) is 18.0. The fourth-order valence-corrected chi connectivity index (χ4v) is 10.7. The van der Waals surface area contributed by atoms with E-state index in [2.05, 4.69) is 81.3 Å². The highest BCUT2D eigenvalue weighted by molar-refractivity contribution is 9.10. The molecule has 1 N–H and O–H groups in total. The molecule has 0 aliphatic rings. The number of hydrogen-bond acceptors (Lipinski definition) is 8. The van der Waals surface area contributed by atoms with Crippen LogP contribution < -0.4 is 19.1 Å². The van der Waals surface area contributed by atoms with Crippen molar-refractivity contribution >= 4 is 62.0 Å². The van der Waals surface area contributed by atoms with Crippen molar-refractivity contribution in [2.24, 2.45) is 0 Å². The van der Waals surface area contributed by atoms with E-state index in [0.29, 0.717) is 30.4 Å². The van der Waals surface area contributed by atoms with Crippen LogP contribution in [0.4, 0.5) is 5.69 Å². The number of nitrogens with one attached hydrogen (secondary N) is 1. The second-order valence-electron chi connectivity index (χ2n) is 15.5. The van der Waals surface area contributed by atoms with Crippen molar-refractivity contribution in [1.29, 1.82) is 0 Å². The minimum atomic E-state index is -3.79. The largest absolute Gasteiger partial charge is 0.484 e. The summed E-state index contributed by atoms with van der Waals surface area (Å²) in [4.78, 5) is 13.1. The summed E-state index contributed by atoms with van der Waals surface area (Å²) in [5, 5.41) is 3.01. The van der Waals surface area contributed by atoms with Crippen molar-refractivity contribution in [2.75, 3.05) is 50.5 Å². The quantitative estimate of drug-likeness (QED) is 0.0635.